The van der Waals surface area contributed by atoms with Crippen molar-refractivity contribution >= 4 is 22.2 Å². The number of aromatic nitrogens is 1. The Morgan fingerprint density at radius 1 is 1.28 bits per heavy atom. The van der Waals surface area contributed by atoms with Gasteiger partial charge >= 0.3 is 0 Å². The molecule has 1 aromatic heterocycles. The van der Waals surface area contributed by atoms with Gasteiger partial charge in [-0.3, -0.25) is 0 Å². The van der Waals surface area contributed by atoms with Crippen molar-refractivity contribution in [2.45, 2.75) is 26.8 Å². The number of hydrogen-bond donors (Lipinski definition) is 2. The molecule has 0 radical (unpaired) electrons. The van der Waals surface area contributed by atoms with Gasteiger partial charge in [0.25, 0.3) is 0 Å². The SMILES string of the molecule is Cc1nc(Nc2ccc3c(c2)CNCC3)sc1C. The fourth-order valence-electron chi connectivity index (χ4n) is 2.21. The lowest BCUT2D eigenvalue weighted by Gasteiger charge is -2.17. The highest BCUT2D eigenvalue weighted by Gasteiger charge is 2.10. The summed E-state index contributed by atoms with van der Waals surface area (Å²) in [5, 5.41) is 7.78. The lowest BCUT2D eigenvalue weighted by molar-refractivity contribution is 0.644. The van der Waals surface area contributed by atoms with Crippen LogP contribution in [0.4, 0.5) is 10.8 Å². The van der Waals surface area contributed by atoms with Crippen molar-refractivity contribution in [2.75, 3.05) is 11.9 Å². The molecular formula is C14H17N3S. The average molecular weight is 259 g/mol. The topological polar surface area (TPSA) is 37.0 Å². The molecule has 1 aliphatic rings. The van der Waals surface area contributed by atoms with Crippen LogP contribution in [-0.4, -0.2) is 11.5 Å². The molecule has 0 saturated heterocycles. The third-order valence-corrected chi connectivity index (χ3v) is 4.36. The Bertz CT molecular complexity index is 555. The van der Waals surface area contributed by atoms with Crippen molar-refractivity contribution in [1.82, 2.24) is 10.3 Å². The summed E-state index contributed by atoms with van der Waals surface area (Å²) in [4.78, 5) is 5.78. The summed E-state index contributed by atoms with van der Waals surface area (Å²) in [6, 6.07) is 6.61. The van der Waals surface area contributed by atoms with Crippen LogP contribution >= 0.6 is 11.3 Å². The van der Waals surface area contributed by atoms with Crippen molar-refractivity contribution in [3.63, 3.8) is 0 Å². The van der Waals surface area contributed by atoms with Gasteiger partial charge in [0.1, 0.15) is 0 Å². The van der Waals surface area contributed by atoms with E-state index in [9.17, 15) is 0 Å². The van der Waals surface area contributed by atoms with Crippen LogP contribution in [0, 0.1) is 13.8 Å². The van der Waals surface area contributed by atoms with Crippen LogP contribution in [0.5, 0.6) is 0 Å². The second-order valence-electron chi connectivity index (χ2n) is 4.70. The number of nitrogens with one attached hydrogen (secondary N) is 2. The van der Waals surface area contributed by atoms with Crippen LogP contribution in [0.3, 0.4) is 0 Å². The van der Waals surface area contributed by atoms with Crippen LogP contribution in [-0.2, 0) is 13.0 Å². The summed E-state index contributed by atoms with van der Waals surface area (Å²) < 4.78 is 0. The minimum atomic E-state index is 0.973. The van der Waals surface area contributed by atoms with Gasteiger partial charge in [-0.05, 0) is 50.1 Å². The van der Waals surface area contributed by atoms with E-state index < -0.39 is 0 Å². The molecule has 1 aliphatic heterocycles. The normalized spacial score (nSPS) is 14.3. The van der Waals surface area contributed by atoms with Crippen molar-refractivity contribution in [3.8, 4) is 0 Å². The Balaban J connectivity index is 1.84. The standard InChI is InChI=1S/C14H17N3S/c1-9-10(2)18-14(16-9)17-13-4-3-11-5-6-15-8-12(11)7-13/h3-4,7,15H,5-6,8H2,1-2H3,(H,16,17). The van der Waals surface area contributed by atoms with Crippen molar-refractivity contribution in [1.29, 1.82) is 0 Å². The van der Waals surface area contributed by atoms with Gasteiger partial charge in [-0.1, -0.05) is 6.07 Å². The third kappa shape index (κ3) is 2.26. The molecule has 2 aromatic rings. The molecule has 1 aromatic carbocycles. The number of rotatable bonds is 2. The fourth-order valence-corrected chi connectivity index (χ4v) is 3.04. The molecule has 0 spiro atoms. The van der Waals surface area contributed by atoms with Gasteiger partial charge in [0, 0.05) is 17.1 Å². The van der Waals surface area contributed by atoms with Gasteiger partial charge in [0.2, 0.25) is 0 Å². The highest BCUT2D eigenvalue weighted by molar-refractivity contribution is 7.15. The molecule has 2 N–H and O–H groups in total. The molecule has 4 heteroatoms. The third-order valence-electron chi connectivity index (χ3n) is 3.37. The van der Waals surface area contributed by atoms with Gasteiger partial charge in [-0.15, -0.1) is 11.3 Å². The van der Waals surface area contributed by atoms with Crippen LogP contribution in [0.1, 0.15) is 21.7 Å². The second kappa shape index (κ2) is 4.71. The molecule has 94 valence electrons. The predicted octanol–water partition coefficient (Wildman–Crippen LogP) is 3.15. The molecule has 18 heavy (non-hydrogen) atoms. The summed E-state index contributed by atoms with van der Waals surface area (Å²) >= 11 is 1.71. The van der Waals surface area contributed by atoms with E-state index in [0.29, 0.717) is 0 Å². The predicted molar refractivity (Wildman–Crippen MR) is 76.7 cm³/mol. The molecule has 0 saturated carbocycles. The average Bonchev–Trinajstić information content (AvgIpc) is 2.68. The maximum absolute atomic E-state index is 4.51. The van der Waals surface area contributed by atoms with Crippen LogP contribution < -0.4 is 10.6 Å². The van der Waals surface area contributed by atoms with Gasteiger partial charge < -0.3 is 10.6 Å². The summed E-state index contributed by atoms with van der Waals surface area (Å²) in [5.74, 6) is 0. The van der Waals surface area contributed by atoms with Crippen molar-refractivity contribution in [2.24, 2.45) is 0 Å². The number of hydrogen-bond acceptors (Lipinski definition) is 4. The first-order chi connectivity index (χ1) is 8.72. The number of aryl methyl sites for hydroxylation is 2. The summed E-state index contributed by atoms with van der Waals surface area (Å²) in [6.45, 7) is 6.22. The maximum atomic E-state index is 4.51. The van der Waals surface area contributed by atoms with E-state index in [1.165, 1.54) is 16.0 Å². The quantitative estimate of drug-likeness (QED) is 0.870. The van der Waals surface area contributed by atoms with E-state index in [2.05, 4.69) is 40.7 Å². The van der Waals surface area contributed by atoms with Crippen molar-refractivity contribution < 1.29 is 0 Å². The summed E-state index contributed by atoms with van der Waals surface area (Å²) in [5.41, 5.74) is 5.11. The van der Waals surface area contributed by atoms with E-state index in [1.807, 2.05) is 6.92 Å². The Morgan fingerprint density at radius 3 is 2.94 bits per heavy atom. The monoisotopic (exact) mass is 259 g/mol. The molecule has 0 amide bonds. The van der Waals surface area contributed by atoms with E-state index >= 15 is 0 Å². The molecule has 3 nitrogen and oxygen atoms in total. The Hall–Kier alpha value is -1.39. The Labute approximate surface area is 111 Å². The molecule has 0 bridgehead atoms. The first kappa shape index (κ1) is 11.7. The first-order valence-corrected chi connectivity index (χ1v) is 7.07. The van der Waals surface area contributed by atoms with Crippen LogP contribution in [0.2, 0.25) is 0 Å². The zero-order valence-corrected chi connectivity index (χ0v) is 11.5. The zero-order valence-electron chi connectivity index (χ0n) is 10.7. The number of anilines is 2. The molecule has 0 atom stereocenters. The minimum absolute atomic E-state index is 0.973. The highest BCUT2D eigenvalue weighted by atomic mass is 32.1. The fraction of sp³-hybridized carbons (Fsp3) is 0.357. The number of thiazole rings is 1. The molecule has 0 aliphatic carbocycles. The number of benzene rings is 1. The van der Waals surface area contributed by atoms with E-state index in [0.717, 1.165) is 36.0 Å². The maximum Gasteiger partial charge on any atom is 0.187 e. The van der Waals surface area contributed by atoms with Gasteiger partial charge in [0.05, 0.1) is 5.69 Å². The Kier molecular flexibility index (Phi) is 3.06. The Morgan fingerprint density at radius 2 is 2.17 bits per heavy atom. The lowest BCUT2D eigenvalue weighted by Crippen LogP contribution is -2.23. The van der Waals surface area contributed by atoms with Gasteiger partial charge in [-0.2, -0.15) is 0 Å². The van der Waals surface area contributed by atoms with Gasteiger partial charge in [-0.25, -0.2) is 4.98 Å². The van der Waals surface area contributed by atoms with E-state index in [-0.39, 0.29) is 0 Å². The summed E-state index contributed by atoms with van der Waals surface area (Å²) in [7, 11) is 0. The number of nitrogens with zero attached hydrogens (tertiary/aromatic N) is 1. The largest absolute Gasteiger partial charge is 0.332 e. The molecule has 2 heterocycles. The van der Waals surface area contributed by atoms with Crippen molar-refractivity contribution in [3.05, 3.63) is 39.9 Å². The van der Waals surface area contributed by atoms with Gasteiger partial charge in [0.15, 0.2) is 5.13 Å². The molecule has 0 fully saturated rings. The highest BCUT2D eigenvalue weighted by Crippen LogP contribution is 2.26. The first-order valence-electron chi connectivity index (χ1n) is 6.26. The smallest absolute Gasteiger partial charge is 0.187 e. The van der Waals surface area contributed by atoms with E-state index in [1.54, 1.807) is 11.3 Å². The summed E-state index contributed by atoms with van der Waals surface area (Å²) in [6.07, 6.45) is 1.13. The zero-order chi connectivity index (χ0) is 12.5. The lowest BCUT2D eigenvalue weighted by atomic mass is 10.0. The van der Waals surface area contributed by atoms with Crippen LogP contribution in [0.15, 0.2) is 18.2 Å². The van der Waals surface area contributed by atoms with Crippen LogP contribution in [0.25, 0.3) is 0 Å². The molecule has 3 rings (SSSR count). The molecule has 0 unspecified atom stereocenters. The number of fused-ring (bicyclic) bond motifs is 1. The second-order valence-corrected chi connectivity index (χ2v) is 5.90. The minimum Gasteiger partial charge on any atom is -0.332 e. The molecular weight excluding hydrogens is 242 g/mol. The van der Waals surface area contributed by atoms with E-state index in [4.69, 9.17) is 0 Å².